The van der Waals surface area contributed by atoms with Crippen molar-refractivity contribution < 1.29 is 4.79 Å². The molecule has 0 saturated heterocycles. The Morgan fingerprint density at radius 2 is 2.39 bits per heavy atom. The molecule has 92 valence electrons. The molecule has 2 aromatic rings. The minimum absolute atomic E-state index is 0.0489. The fourth-order valence-electron chi connectivity index (χ4n) is 2.34. The summed E-state index contributed by atoms with van der Waals surface area (Å²) in [5.74, 6) is -0.0489. The number of nitrogens with one attached hydrogen (secondary N) is 1. The van der Waals surface area contributed by atoms with E-state index in [9.17, 15) is 4.79 Å². The standard InChI is InChI=1S/C13H13N3OS/c14-9-2-3-10-8(5-9)1-4-11(10)16-13(17)12-6-15-7-18-12/h2-3,5-7,11H,1,4,14H2,(H,16,17). The third-order valence-corrected chi connectivity index (χ3v) is 3.98. The topological polar surface area (TPSA) is 68.0 Å². The van der Waals surface area contributed by atoms with Gasteiger partial charge in [-0.3, -0.25) is 9.78 Å². The maximum absolute atomic E-state index is 12.0. The van der Waals surface area contributed by atoms with E-state index in [1.54, 1.807) is 11.7 Å². The molecule has 0 aliphatic heterocycles. The first-order valence-corrected chi connectivity index (χ1v) is 6.69. The van der Waals surface area contributed by atoms with Crippen LogP contribution in [-0.2, 0) is 6.42 Å². The number of carbonyl (C=O) groups is 1. The number of aromatic nitrogens is 1. The summed E-state index contributed by atoms with van der Waals surface area (Å²) in [5, 5.41) is 3.05. The quantitative estimate of drug-likeness (QED) is 0.812. The number of nitrogens with zero attached hydrogens (tertiary/aromatic N) is 1. The SMILES string of the molecule is Nc1ccc2c(c1)CCC2NC(=O)c1cncs1. The molecule has 1 aromatic heterocycles. The van der Waals surface area contributed by atoms with Crippen LogP contribution in [0.25, 0.3) is 0 Å². The highest BCUT2D eigenvalue weighted by molar-refractivity contribution is 7.11. The molecule has 0 saturated carbocycles. The van der Waals surface area contributed by atoms with Gasteiger partial charge in [-0.15, -0.1) is 11.3 Å². The van der Waals surface area contributed by atoms with Crippen molar-refractivity contribution in [2.75, 3.05) is 5.73 Å². The molecule has 0 fully saturated rings. The smallest absolute Gasteiger partial charge is 0.263 e. The molecule has 1 heterocycles. The van der Waals surface area contributed by atoms with Crippen LogP contribution in [0.1, 0.15) is 33.3 Å². The minimum atomic E-state index is -0.0489. The average molecular weight is 259 g/mol. The molecule has 1 atom stereocenters. The van der Waals surface area contributed by atoms with Gasteiger partial charge in [0.25, 0.3) is 5.91 Å². The highest BCUT2D eigenvalue weighted by atomic mass is 32.1. The monoisotopic (exact) mass is 259 g/mol. The van der Waals surface area contributed by atoms with E-state index in [4.69, 9.17) is 5.73 Å². The maximum Gasteiger partial charge on any atom is 0.263 e. The zero-order valence-electron chi connectivity index (χ0n) is 9.72. The van der Waals surface area contributed by atoms with Crippen molar-refractivity contribution in [2.45, 2.75) is 18.9 Å². The zero-order chi connectivity index (χ0) is 12.5. The maximum atomic E-state index is 12.0. The van der Waals surface area contributed by atoms with Crippen LogP contribution >= 0.6 is 11.3 Å². The predicted octanol–water partition coefficient (Wildman–Crippen LogP) is 2.14. The molecule has 0 bridgehead atoms. The van der Waals surface area contributed by atoms with E-state index < -0.39 is 0 Å². The number of nitrogens with two attached hydrogens (primary N) is 1. The zero-order valence-corrected chi connectivity index (χ0v) is 10.5. The van der Waals surface area contributed by atoms with Crippen LogP contribution in [0.15, 0.2) is 29.9 Å². The molecule has 0 spiro atoms. The highest BCUT2D eigenvalue weighted by Crippen LogP contribution is 2.32. The van der Waals surface area contributed by atoms with Crippen LogP contribution in [0.2, 0.25) is 0 Å². The molecule has 0 radical (unpaired) electrons. The minimum Gasteiger partial charge on any atom is -0.399 e. The van der Waals surface area contributed by atoms with Gasteiger partial charge in [0.1, 0.15) is 4.88 Å². The number of aryl methyl sites for hydroxylation is 1. The fraction of sp³-hybridized carbons (Fsp3) is 0.231. The molecule has 1 amide bonds. The summed E-state index contributed by atoms with van der Waals surface area (Å²) in [5.41, 5.74) is 10.6. The molecule has 1 aliphatic rings. The average Bonchev–Trinajstić information content (AvgIpc) is 2.98. The lowest BCUT2D eigenvalue weighted by Gasteiger charge is -2.13. The number of anilines is 1. The Morgan fingerprint density at radius 1 is 1.50 bits per heavy atom. The molecule has 5 heteroatoms. The number of hydrogen-bond donors (Lipinski definition) is 2. The van der Waals surface area contributed by atoms with E-state index in [-0.39, 0.29) is 11.9 Å². The summed E-state index contributed by atoms with van der Waals surface area (Å²) in [6, 6.07) is 5.98. The lowest BCUT2D eigenvalue weighted by Crippen LogP contribution is -2.26. The van der Waals surface area contributed by atoms with Crippen molar-refractivity contribution in [2.24, 2.45) is 0 Å². The van der Waals surface area contributed by atoms with E-state index in [1.807, 2.05) is 18.2 Å². The predicted molar refractivity (Wildman–Crippen MR) is 71.5 cm³/mol. The van der Waals surface area contributed by atoms with Gasteiger partial charge in [0.2, 0.25) is 0 Å². The molecule has 3 N–H and O–H groups in total. The molecule has 1 aromatic carbocycles. The first-order valence-electron chi connectivity index (χ1n) is 5.81. The fourth-order valence-corrected chi connectivity index (χ4v) is 2.87. The van der Waals surface area contributed by atoms with Crippen LogP contribution in [0.5, 0.6) is 0 Å². The number of hydrogen-bond acceptors (Lipinski definition) is 4. The van der Waals surface area contributed by atoms with Crippen molar-refractivity contribution >= 4 is 22.9 Å². The molecular formula is C13H13N3OS. The number of thiazole rings is 1. The van der Waals surface area contributed by atoms with Gasteiger partial charge in [0.05, 0.1) is 17.7 Å². The van der Waals surface area contributed by atoms with Crippen LogP contribution in [0.3, 0.4) is 0 Å². The summed E-state index contributed by atoms with van der Waals surface area (Å²) in [6.45, 7) is 0. The molecule has 4 nitrogen and oxygen atoms in total. The third kappa shape index (κ3) is 1.97. The lowest BCUT2D eigenvalue weighted by molar-refractivity contribution is 0.0940. The Hall–Kier alpha value is -1.88. The number of benzene rings is 1. The van der Waals surface area contributed by atoms with Gasteiger partial charge in [-0.25, -0.2) is 0 Å². The van der Waals surface area contributed by atoms with E-state index in [2.05, 4.69) is 10.3 Å². The molecule has 3 rings (SSSR count). The molecular weight excluding hydrogens is 246 g/mol. The Balaban J connectivity index is 1.79. The van der Waals surface area contributed by atoms with Gasteiger partial charge >= 0.3 is 0 Å². The van der Waals surface area contributed by atoms with Crippen molar-refractivity contribution in [3.8, 4) is 0 Å². The summed E-state index contributed by atoms with van der Waals surface area (Å²) >= 11 is 1.35. The van der Waals surface area contributed by atoms with Gasteiger partial charge in [-0.2, -0.15) is 0 Å². The second-order valence-corrected chi connectivity index (χ2v) is 5.28. The van der Waals surface area contributed by atoms with E-state index >= 15 is 0 Å². The van der Waals surface area contributed by atoms with Gasteiger partial charge in [0.15, 0.2) is 0 Å². The van der Waals surface area contributed by atoms with Gasteiger partial charge in [-0.05, 0) is 36.1 Å². The van der Waals surface area contributed by atoms with Gasteiger partial charge in [0, 0.05) is 5.69 Å². The largest absolute Gasteiger partial charge is 0.399 e. The van der Waals surface area contributed by atoms with Crippen LogP contribution in [0.4, 0.5) is 5.69 Å². The number of amides is 1. The summed E-state index contributed by atoms with van der Waals surface area (Å²) < 4.78 is 0. The molecule has 1 unspecified atom stereocenters. The number of fused-ring (bicyclic) bond motifs is 1. The van der Waals surface area contributed by atoms with Crippen molar-refractivity contribution in [3.63, 3.8) is 0 Å². The lowest BCUT2D eigenvalue weighted by atomic mass is 10.1. The molecule has 18 heavy (non-hydrogen) atoms. The summed E-state index contributed by atoms with van der Waals surface area (Å²) in [6.07, 6.45) is 3.50. The Morgan fingerprint density at radius 3 is 3.17 bits per heavy atom. The van der Waals surface area contributed by atoms with E-state index in [1.165, 1.54) is 22.5 Å². The third-order valence-electron chi connectivity index (χ3n) is 3.21. The summed E-state index contributed by atoms with van der Waals surface area (Å²) in [4.78, 5) is 16.5. The summed E-state index contributed by atoms with van der Waals surface area (Å²) in [7, 11) is 0. The molecule has 1 aliphatic carbocycles. The van der Waals surface area contributed by atoms with Crippen LogP contribution < -0.4 is 11.1 Å². The number of carbonyl (C=O) groups excluding carboxylic acids is 1. The van der Waals surface area contributed by atoms with Crippen molar-refractivity contribution in [1.82, 2.24) is 10.3 Å². The Bertz CT molecular complexity index is 580. The van der Waals surface area contributed by atoms with Crippen molar-refractivity contribution in [1.29, 1.82) is 0 Å². The first-order chi connectivity index (χ1) is 8.74. The highest BCUT2D eigenvalue weighted by Gasteiger charge is 2.24. The van der Waals surface area contributed by atoms with Gasteiger partial charge < -0.3 is 11.1 Å². The first kappa shape index (κ1) is 11.2. The number of nitrogen functional groups attached to an aromatic ring is 1. The van der Waals surface area contributed by atoms with E-state index in [0.29, 0.717) is 4.88 Å². The Kier molecular flexibility index (Phi) is 2.76. The normalized spacial score (nSPS) is 17.4. The second kappa shape index (κ2) is 4.42. The second-order valence-electron chi connectivity index (χ2n) is 4.39. The van der Waals surface area contributed by atoms with E-state index in [0.717, 1.165) is 18.5 Å². The Labute approximate surface area is 109 Å². The van der Waals surface area contributed by atoms with Crippen LogP contribution in [0, 0.1) is 0 Å². The number of rotatable bonds is 2. The van der Waals surface area contributed by atoms with Crippen molar-refractivity contribution in [3.05, 3.63) is 45.9 Å². The van der Waals surface area contributed by atoms with Gasteiger partial charge in [-0.1, -0.05) is 6.07 Å². The van der Waals surface area contributed by atoms with Crippen LogP contribution in [-0.4, -0.2) is 10.9 Å².